The summed E-state index contributed by atoms with van der Waals surface area (Å²) in [7, 11) is 1.47. The van der Waals surface area contributed by atoms with Crippen molar-refractivity contribution < 1.29 is 27.8 Å². The van der Waals surface area contributed by atoms with E-state index >= 15 is 4.39 Å². The molecular weight excluding hydrogens is 646 g/mol. The van der Waals surface area contributed by atoms with Crippen molar-refractivity contribution in [2.75, 3.05) is 57.8 Å². The largest absolute Gasteiger partial charge is 0.493 e. The Bertz CT molecular complexity index is 1880. The van der Waals surface area contributed by atoms with Gasteiger partial charge in [0.2, 0.25) is 5.91 Å². The summed E-state index contributed by atoms with van der Waals surface area (Å²) in [6.45, 7) is 7.09. The molecule has 6 heterocycles. The van der Waals surface area contributed by atoms with Crippen LogP contribution in [0.3, 0.4) is 0 Å². The van der Waals surface area contributed by atoms with Gasteiger partial charge in [0.15, 0.2) is 17.4 Å². The zero-order valence-corrected chi connectivity index (χ0v) is 28.5. The highest BCUT2D eigenvalue weighted by molar-refractivity contribution is 6.03. The SMILES string of the molecule is COc1cc(F)cnc1N1CCN(C(=O)c2cc3c(C4=C[C@H](C)O[C@H](C)C4)cc(C4=CCCN(C(=O)CCN5C=CNN5)C4)c(F)c3[nH]2)CC1. The van der Waals surface area contributed by atoms with Gasteiger partial charge >= 0.3 is 0 Å². The van der Waals surface area contributed by atoms with Crippen LogP contribution < -0.4 is 20.6 Å². The van der Waals surface area contributed by atoms with E-state index in [0.717, 1.165) is 22.9 Å². The quantitative estimate of drug-likeness (QED) is 0.320. The summed E-state index contributed by atoms with van der Waals surface area (Å²) >= 11 is 0. The van der Waals surface area contributed by atoms with Gasteiger partial charge in [-0.15, -0.1) is 5.53 Å². The van der Waals surface area contributed by atoms with Gasteiger partial charge < -0.3 is 34.6 Å². The molecule has 0 spiro atoms. The number of hydrazine groups is 2. The molecule has 0 bridgehead atoms. The second-order valence-corrected chi connectivity index (χ2v) is 13.1. The lowest BCUT2D eigenvalue weighted by molar-refractivity contribution is -0.131. The fourth-order valence-electron chi connectivity index (χ4n) is 7.22. The molecule has 4 aliphatic heterocycles. The predicted octanol–water partition coefficient (Wildman–Crippen LogP) is 4.19. The summed E-state index contributed by atoms with van der Waals surface area (Å²) in [6, 6.07) is 4.92. The third-order valence-electron chi connectivity index (χ3n) is 9.67. The van der Waals surface area contributed by atoms with Crippen molar-refractivity contribution in [1.82, 2.24) is 35.7 Å². The Labute approximate surface area is 289 Å². The number of amides is 2. The lowest BCUT2D eigenvalue weighted by atomic mass is 9.89. The summed E-state index contributed by atoms with van der Waals surface area (Å²) < 4.78 is 41.7. The lowest BCUT2D eigenvalue weighted by Gasteiger charge is -2.35. The van der Waals surface area contributed by atoms with Crippen LogP contribution in [-0.2, 0) is 9.53 Å². The Balaban J connectivity index is 1.16. The smallest absolute Gasteiger partial charge is 0.270 e. The highest BCUT2D eigenvalue weighted by Gasteiger charge is 2.30. The van der Waals surface area contributed by atoms with E-state index in [1.807, 2.05) is 37.1 Å². The Hall–Kier alpha value is -4.95. The second-order valence-electron chi connectivity index (χ2n) is 13.1. The van der Waals surface area contributed by atoms with Crippen LogP contribution in [-0.4, -0.2) is 102 Å². The molecule has 264 valence electrons. The molecule has 3 aromatic rings. The summed E-state index contributed by atoms with van der Waals surface area (Å²) in [6.07, 6.45) is 10.2. The van der Waals surface area contributed by atoms with Crippen molar-refractivity contribution in [3.8, 4) is 5.75 Å². The minimum Gasteiger partial charge on any atom is -0.493 e. The number of hydrogen-bond acceptors (Lipinski definition) is 9. The van der Waals surface area contributed by atoms with Crippen LogP contribution in [0.4, 0.5) is 14.6 Å². The fourth-order valence-corrected chi connectivity index (χ4v) is 7.22. The van der Waals surface area contributed by atoms with Crippen LogP contribution in [0, 0.1) is 11.6 Å². The number of piperazine rings is 1. The van der Waals surface area contributed by atoms with Gasteiger partial charge in [-0.05, 0) is 55.5 Å². The molecule has 1 fully saturated rings. The number of halogens is 2. The number of carbonyl (C=O) groups is 2. The zero-order chi connectivity index (χ0) is 34.9. The van der Waals surface area contributed by atoms with Crippen molar-refractivity contribution in [2.24, 2.45) is 0 Å². The van der Waals surface area contributed by atoms with Crippen molar-refractivity contribution in [2.45, 2.75) is 45.3 Å². The first-order chi connectivity index (χ1) is 24.2. The van der Waals surface area contributed by atoms with Crippen molar-refractivity contribution in [1.29, 1.82) is 0 Å². The van der Waals surface area contributed by atoms with Gasteiger partial charge in [0, 0.05) is 81.7 Å². The van der Waals surface area contributed by atoms with E-state index in [0.29, 0.717) is 93.3 Å². The summed E-state index contributed by atoms with van der Waals surface area (Å²) in [5, 5.41) is 2.43. The highest BCUT2D eigenvalue weighted by Crippen LogP contribution is 2.38. The second kappa shape index (κ2) is 14.1. The summed E-state index contributed by atoms with van der Waals surface area (Å²) in [5.41, 5.74) is 9.39. The van der Waals surface area contributed by atoms with Crippen molar-refractivity contribution in [3.05, 3.63) is 77.4 Å². The maximum atomic E-state index is 16.7. The van der Waals surface area contributed by atoms with Crippen LogP contribution in [0.15, 0.2) is 48.9 Å². The minimum absolute atomic E-state index is 0.00398. The number of H-pyrrole nitrogens is 1. The standard InChI is InChI=1S/C36H42F2N8O4/c1-22-15-25(16-23(2)50-22)27-18-28(24-5-4-8-45(21-24)32(47)6-9-46-10-7-40-42-46)33(38)34-29(27)19-30(41-34)36(48)44-13-11-43(12-14-44)35-31(49-3)17-26(37)20-39-35/h5,7,10,15,17-20,22-23,40-42H,4,6,8-9,11-14,16,21H2,1-3H3/t22-,23+/m0/s1. The van der Waals surface area contributed by atoms with E-state index in [-0.39, 0.29) is 29.5 Å². The van der Waals surface area contributed by atoms with E-state index in [2.05, 4.69) is 27.0 Å². The number of aromatic amines is 1. The number of rotatable bonds is 8. The van der Waals surface area contributed by atoms with Crippen molar-refractivity contribution >= 4 is 39.7 Å². The molecule has 1 aromatic carbocycles. The number of anilines is 1. The zero-order valence-electron chi connectivity index (χ0n) is 28.5. The number of hydrogen-bond donors (Lipinski definition) is 3. The van der Waals surface area contributed by atoms with E-state index in [1.54, 1.807) is 27.1 Å². The maximum absolute atomic E-state index is 16.7. The molecule has 14 heteroatoms. The molecule has 12 nitrogen and oxygen atoms in total. The number of fused-ring (bicyclic) bond motifs is 1. The lowest BCUT2D eigenvalue weighted by Crippen LogP contribution is -2.49. The number of nitrogens with zero attached hydrogens (tertiary/aromatic N) is 5. The van der Waals surface area contributed by atoms with Gasteiger partial charge in [0.25, 0.3) is 5.91 Å². The van der Waals surface area contributed by atoms with E-state index in [9.17, 15) is 14.0 Å². The number of nitrogens with one attached hydrogen (secondary N) is 3. The van der Waals surface area contributed by atoms with Gasteiger partial charge in [-0.2, -0.15) is 0 Å². The molecule has 2 amide bonds. The van der Waals surface area contributed by atoms with Gasteiger partial charge in [0.1, 0.15) is 11.5 Å². The molecule has 0 unspecified atom stereocenters. The molecule has 50 heavy (non-hydrogen) atoms. The average molecular weight is 689 g/mol. The molecule has 3 N–H and O–H groups in total. The predicted molar refractivity (Wildman–Crippen MR) is 186 cm³/mol. The monoisotopic (exact) mass is 688 g/mol. The van der Waals surface area contributed by atoms with Crippen LogP contribution >= 0.6 is 0 Å². The van der Waals surface area contributed by atoms with Crippen LogP contribution in [0.1, 0.15) is 54.7 Å². The first-order valence-corrected chi connectivity index (χ1v) is 17.1. The number of aromatic nitrogens is 2. The molecule has 2 atom stereocenters. The van der Waals surface area contributed by atoms with Crippen molar-refractivity contribution in [3.63, 3.8) is 0 Å². The molecule has 7 rings (SSSR count). The van der Waals surface area contributed by atoms with Crippen LogP contribution in [0.5, 0.6) is 5.75 Å². The molecule has 0 aliphatic carbocycles. The van der Waals surface area contributed by atoms with Gasteiger partial charge in [-0.1, -0.05) is 12.2 Å². The number of carbonyl (C=O) groups excluding carboxylic acids is 2. The maximum Gasteiger partial charge on any atom is 0.270 e. The molecule has 1 saturated heterocycles. The Morgan fingerprint density at radius 2 is 1.86 bits per heavy atom. The third-order valence-corrected chi connectivity index (χ3v) is 9.67. The number of pyridine rings is 1. The van der Waals surface area contributed by atoms with Crippen LogP contribution in [0.2, 0.25) is 0 Å². The average Bonchev–Trinajstić information content (AvgIpc) is 3.81. The number of methoxy groups -OCH3 is 1. The summed E-state index contributed by atoms with van der Waals surface area (Å²) in [4.78, 5) is 39.9. The fraction of sp³-hybridized carbons (Fsp3) is 0.417. The normalized spacial score (nSPS) is 21.0. The summed E-state index contributed by atoms with van der Waals surface area (Å²) in [5.74, 6) is -0.319. The van der Waals surface area contributed by atoms with E-state index in [4.69, 9.17) is 9.47 Å². The molecule has 4 aliphatic rings. The minimum atomic E-state index is -0.486. The first-order valence-electron chi connectivity index (χ1n) is 17.1. The Kier molecular flexibility index (Phi) is 9.47. The topological polar surface area (TPSA) is 118 Å². The van der Waals surface area contributed by atoms with E-state index < -0.39 is 11.6 Å². The molecule has 0 saturated carbocycles. The van der Waals surface area contributed by atoms with Gasteiger partial charge in [-0.25, -0.2) is 13.8 Å². The Morgan fingerprint density at radius 1 is 1.04 bits per heavy atom. The van der Waals surface area contributed by atoms with Gasteiger partial charge in [0.05, 0.1) is 31.0 Å². The first kappa shape index (κ1) is 33.5. The van der Waals surface area contributed by atoms with Crippen LogP contribution in [0.25, 0.3) is 22.0 Å². The third kappa shape index (κ3) is 6.77. The highest BCUT2D eigenvalue weighted by atomic mass is 19.1. The molecular formula is C36H42F2N8O4. The number of benzene rings is 1. The number of ether oxygens (including phenoxy) is 2. The van der Waals surface area contributed by atoms with Gasteiger partial charge in [-0.3, -0.25) is 14.6 Å². The Morgan fingerprint density at radius 3 is 2.60 bits per heavy atom. The molecule has 2 aromatic heterocycles. The van der Waals surface area contributed by atoms with E-state index in [1.165, 1.54) is 13.2 Å². The molecule has 0 radical (unpaired) electrons.